The van der Waals surface area contributed by atoms with Gasteiger partial charge in [0.15, 0.2) is 11.5 Å². The molecule has 2 aromatic rings. The van der Waals surface area contributed by atoms with Gasteiger partial charge in [0.25, 0.3) is 0 Å². The van der Waals surface area contributed by atoms with Crippen LogP contribution in [0.3, 0.4) is 0 Å². The molecule has 0 saturated carbocycles. The molecule has 0 aliphatic rings. The van der Waals surface area contributed by atoms with Gasteiger partial charge < -0.3 is 14.8 Å². The van der Waals surface area contributed by atoms with E-state index in [2.05, 4.69) is 5.32 Å². The van der Waals surface area contributed by atoms with Gasteiger partial charge in [0.05, 0.1) is 19.9 Å². The summed E-state index contributed by atoms with van der Waals surface area (Å²) in [6, 6.07) is 15.4. The van der Waals surface area contributed by atoms with Crippen LogP contribution in [0.5, 0.6) is 11.5 Å². The van der Waals surface area contributed by atoms with Crippen molar-refractivity contribution in [3.8, 4) is 11.5 Å². The largest absolute Gasteiger partial charge is 0.493 e. The maximum atomic E-state index is 12.4. The van der Waals surface area contributed by atoms with Crippen LogP contribution in [0.1, 0.15) is 12.5 Å². The summed E-state index contributed by atoms with van der Waals surface area (Å²) in [5.74, 6) is 0.940. The van der Waals surface area contributed by atoms with Gasteiger partial charge in [0.1, 0.15) is 0 Å². The second kappa shape index (κ2) is 7.50. The molecule has 0 radical (unpaired) electrons. The molecular formula is C18H21NO3. The van der Waals surface area contributed by atoms with Crippen molar-refractivity contribution >= 4 is 11.6 Å². The molecule has 4 heteroatoms. The number of anilines is 1. The molecule has 2 aromatic carbocycles. The first-order valence-electron chi connectivity index (χ1n) is 7.21. The Bertz CT molecular complexity index is 625. The molecule has 0 fully saturated rings. The molecule has 0 heterocycles. The molecule has 0 aliphatic heterocycles. The summed E-state index contributed by atoms with van der Waals surface area (Å²) >= 11 is 0. The van der Waals surface area contributed by atoms with E-state index in [0.717, 1.165) is 5.56 Å². The molecule has 1 unspecified atom stereocenters. The first-order chi connectivity index (χ1) is 10.7. The van der Waals surface area contributed by atoms with Crippen molar-refractivity contribution in [1.29, 1.82) is 0 Å². The highest BCUT2D eigenvalue weighted by atomic mass is 16.5. The van der Waals surface area contributed by atoms with E-state index >= 15 is 0 Å². The van der Waals surface area contributed by atoms with Gasteiger partial charge in [-0.15, -0.1) is 0 Å². The van der Waals surface area contributed by atoms with Crippen LogP contribution in [0.4, 0.5) is 5.69 Å². The SMILES string of the molecule is COc1cccc(NC(=O)C(C)Cc2ccccc2)c1OC. The minimum absolute atomic E-state index is 0.0459. The van der Waals surface area contributed by atoms with E-state index in [1.54, 1.807) is 26.4 Å². The van der Waals surface area contributed by atoms with E-state index in [9.17, 15) is 4.79 Å². The predicted molar refractivity (Wildman–Crippen MR) is 87.5 cm³/mol. The van der Waals surface area contributed by atoms with E-state index < -0.39 is 0 Å². The number of rotatable bonds is 6. The van der Waals surface area contributed by atoms with Gasteiger partial charge >= 0.3 is 0 Å². The second-order valence-electron chi connectivity index (χ2n) is 5.12. The number of carbonyl (C=O) groups excluding carboxylic acids is 1. The molecule has 1 atom stereocenters. The van der Waals surface area contributed by atoms with E-state index in [-0.39, 0.29) is 11.8 Å². The molecule has 0 bridgehead atoms. The summed E-state index contributed by atoms with van der Waals surface area (Å²) in [5.41, 5.74) is 1.76. The Balaban J connectivity index is 2.08. The Hall–Kier alpha value is -2.49. The molecule has 1 amide bonds. The van der Waals surface area contributed by atoms with Gasteiger partial charge in [-0.3, -0.25) is 4.79 Å². The topological polar surface area (TPSA) is 47.6 Å². The summed E-state index contributed by atoms with van der Waals surface area (Å²) in [4.78, 5) is 12.4. The number of carbonyl (C=O) groups is 1. The molecule has 0 saturated heterocycles. The summed E-state index contributed by atoms with van der Waals surface area (Å²) in [6.07, 6.45) is 0.693. The lowest BCUT2D eigenvalue weighted by atomic mass is 10.0. The summed E-state index contributed by atoms with van der Waals surface area (Å²) in [5, 5.41) is 2.91. The van der Waals surface area contributed by atoms with Gasteiger partial charge in [0, 0.05) is 5.92 Å². The molecule has 1 N–H and O–H groups in total. The molecule has 4 nitrogen and oxygen atoms in total. The van der Waals surface area contributed by atoms with E-state index in [4.69, 9.17) is 9.47 Å². The van der Waals surface area contributed by atoms with Crippen LogP contribution in [0.25, 0.3) is 0 Å². The van der Waals surface area contributed by atoms with E-state index in [1.807, 2.05) is 43.3 Å². The second-order valence-corrected chi connectivity index (χ2v) is 5.12. The summed E-state index contributed by atoms with van der Waals surface area (Å²) < 4.78 is 10.6. The smallest absolute Gasteiger partial charge is 0.227 e. The monoisotopic (exact) mass is 299 g/mol. The zero-order chi connectivity index (χ0) is 15.9. The number of hydrogen-bond donors (Lipinski definition) is 1. The lowest BCUT2D eigenvalue weighted by molar-refractivity contribution is -0.119. The van der Waals surface area contributed by atoms with Crippen LogP contribution >= 0.6 is 0 Å². The lowest BCUT2D eigenvalue weighted by Crippen LogP contribution is -2.22. The number of amides is 1. The van der Waals surface area contributed by atoms with Gasteiger partial charge in [0.2, 0.25) is 5.91 Å². The lowest BCUT2D eigenvalue weighted by Gasteiger charge is -2.16. The number of ether oxygens (including phenoxy) is 2. The van der Waals surface area contributed by atoms with Crippen LogP contribution in [-0.2, 0) is 11.2 Å². The molecule has 0 aliphatic carbocycles. The number of nitrogens with one attached hydrogen (secondary N) is 1. The normalized spacial score (nSPS) is 11.6. The van der Waals surface area contributed by atoms with Gasteiger partial charge in [-0.25, -0.2) is 0 Å². The zero-order valence-corrected chi connectivity index (χ0v) is 13.1. The van der Waals surface area contributed by atoms with Crippen molar-refractivity contribution in [2.75, 3.05) is 19.5 Å². The van der Waals surface area contributed by atoms with E-state index in [1.165, 1.54) is 0 Å². The fourth-order valence-corrected chi connectivity index (χ4v) is 2.30. The maximum absolute atomic E-state index is 12.4. The summed E-state index contributed by atoms with van der Waals surface area (Å²) in [6.45, 7) is 1.91. The highest BCUT2D eigenvalue weighted by Gasteiger charge is 2.17. The fourth-order valence-electron chi connectivity index (χ4n) is 2.30. The predicted octanol–water partition coefficient (Wildman–Crippen LogP) is 3.52. The third-order valence-corrected chi connectivity index (χ3v) is 3.49. The van der Waals surface area contributed by atoms with Crippen LogP contribution in [0.15, 0.2) is 48.5 Å². The third kappa shape index (κ3) is 3.79. The summed E-state index contributed by atoms with van der Waals surface area (Å²) in [7, 11) is 3.13. The van der Waals surface area contributed by atoms with Gasteiger partial charge in [-0.1, -0.05) is 43.3 Å². The Morgan fingerprint density at radius 3 is 2.41 bits per heavy atom. The van der Waals surface area contributed by atoms with Crippen molar-refractivity contribution in [2.45, 2.75) is 13.3 Å². The van der Waals surface area contributed by atoms with Gasteiger partial charge in [-0.05, 0) is 24.1 Å². The average molecular weight is 299 g/mol. The van der Waals surface area contributed by atoms with Crippen LogP contribution < -0.4 is 14.8 Å². The molecule has 0 aromatic heterocycles. The average Bonchev–Trinajstić information content (AvgIpc) is 2.55. The minimum atomic E-state index is -0.140. The van der Waals surface area contributed by atoms with E-state index in [0.29, 0.717) is 23.6 Å². The number of methoxy groups -OCH3 is 2. The van der Waals surface area contributed by atoms with Crippen molar-refractivity contribution < 1.29 is 14.3 Å². The standard InChI is InChI=1S/C18H21NO3/c1-13(12-14-8-5-4-6-9-14)18(20)19-15-10-7-11-16(21-2)17(15)22-3/h4-11,13H,12H2,1-3H3,(H,19,20). The third-order valence-electron chi connectivity index (χ3n) is 3.49. The number of hydrogen-bond acceptors (Lipinski definition) is 3. The van der Waals surface area contributed by atoms with Crippen molar-refractivity contribution in [3.63, 3.8) is 0 Å². The number of para-hydroxylation sites is 1. The van der Waals surface area contributed by atoms with Crippen molar-refractivity contribution in [1.82, 2.24) is 0 Å². The molecule has 0 spiro atoms. The first kappa shape index (κ1) is 15.9. The Kier molecular flexibility index (Phi) is 5.42. The quantitative estimate of drug-likeness (QED) is 0.887. The molecule has 116 valence electrons. The first-order valence-corrected chi connectivity index (χ1v) is 7.21. The highest BCUT2D eigenvalue weighted by molar-refractivity contribution is 5.94. The zero-order valence-electron chi connectivity index (χ0n) is 13.1. The molecular weight excluding hydrogens is 278 g/mol. The Labute approximate surface area is 131 Å². The fraction of sp³-hybridized carbons (Fsp3) is 0.278. The molecule has 22 heavy (non-hydrogen) atoms. The Morgan fingerprint density at radius 1 is 1.05 bits per heavy atom. The van der Waals surface area contributed by atoms with Crippen LogP contribution in [0.2, 0.25) is 0 Å². The number of benzene rings is 2. The minimum Gasteiger partial charge on any atom is -0.493 e. The molecule has 2 rings (SSSR count). The maximum Gasteiger partial charge on any atom is 0.227 e. The van der Waals surface area contributed by atoms with Crippen LogP contribution in [-0.4, -0.2) is 20.1 Å². The van der Waals surface area contributed by atoms with Gasteiger partial charge in [-0.2, -0.15) is 0 Å². The van der Waals surface area contributed by atoms with Crippen molar-refractivity contribution in [2.24, 2.45) is 5.92 Å². The van der Waals surface area contributed by atoms with Crippen LogP contribution in [0, 0.1) is 5.92 Å². The van der Waals surface area contributed by atoms with Crippen molar-refractivity contribution in [3.05, 3.63) is 54.1 Å². The highest BCUT2D eigenvalue weighted by Crippen LogP contribution is 2.34. The Morgan fingerprint density at radius 2 is 1.77 bits per heavy atom.